The van der Waals surface area contributed by atoms with Gasteiger partial charge in [0, 0.05) is 29.8 Å². The first kappa shape index (κ1) is 18.1. The molecule has 0 aliphatic carbocycles. The van der Waals surface area contributed by atoms with Gasteiger partial charge in [0.25, 0.3) is 0 Å². The second-order valence-corrected chi connectivity index (χ2v) is 5.75. The molecule has 21 heavy (non-hydrogen) atoms. The molecule has 0 spiro atoms. The summed E-state index contributed by atoms with van der Waals surface area (Å²) in [7, 11) is 0. The lowest BCUT2D eigenvalue weighted by Crippen LogP contribution is -2.46. The van der Waals surface area contributed by atoms with Crippen LogP contribution in [0.4, 0.5) is 5.69 Å². The Balaban J connectivity index is 0.00000220. The minimum absolute atomic E-state index is 0. The standard InChI is InChI=1S/C15H22ClN3O.ClH/c1-2-4-14(17)15(20)18-12-7-8-19(10-12)13-6-3-5-11(16)9-13;/h3,5-6,9,12,14H,2,4,7-8,10,17H2,1H3,(H,18,20);1H. The highest BCUT2D eigenvalue weighted by atomic mass is 35.5. The van der Waals surface area contributed by atoms with Crippen LogP contribution in [0, 0.1) is 0 Å². The van der Waals surface area contributed by atoms with Gasteiger partial charge in [-0.2, -0.15) is 0 Å². The molecule has 1 aromatic carbocycles. The molecule has 0 radical (unpaired) electrons. The maximum absolute atomic E-state index is 11.9. The van der Waals surface area contributed by atoms with E-state index in [0.717, 1.165) is 43.1 Å². The lowest BCUT2D eigenvalue weighted by molar-refractivity contribution is -0.123. The van der Waals surface area contributed by atoms with Gasteiger partial charge in [0.05, 0.1) is 6.04 Å². The summed E-state index contributed by atoms with van der Waals surface area (Å²) < 4.78 is 0. The quantitative estimate of drug-likeness (QED) is 0.871. The second kappa shape index (κ2) is 8.47. The Labute approximate surface area is 137 Å². The van der Waals surface area contributed by atoms with E-state index >= 15 is 0 Å². The van der Waals surface area contributed by atoms with E-state index in [9.17, 15) is 4.79 Å². The van der Waals surface area contributed by atoms with E-state index in [1.807, 2.05) is 31.2 Å². The number of benzene rings is 1. The van der Waals surface area contributed by atoms with Crippen LogP contribution >= 0.6 is 24.0 Å². The minimum atomic E-state index is -0.389. The van der Waals surface area contributed by atoms with Gasteiger partial charge in [-0.1, -0.05) is 31.0 Å². The Morgan fingerprint density at radius 3 is 3.00 bits per heavy atom. The lowest BCUT2D eigenvalue weighted by atomic mass is 10.1. The van der Waals surface area contributed by atoms with Gasteiger partial charge in [-0.15, -0.1) is 12.4 Å². The van der Waals surface area contributed by atoms with Crippen LogP contribution in [0.15, 0.2) is 24.3 Å². The third-order valence-electron chi connectivity index (χ3n) is 3.64. The van der Waals surface area contributed by atoms with Crippen LogP contribution in [0.3, 0.4) is 0 Å². The highest BCUT2D eigenvalue weighted by Crippen LogP contribution is 2.23. The molecule has 1 aliphatic heterocycles. The van der Waals surface area contributed by atoms with Crippen molar-refractivity contribution in [3.63, 3.8) is 0 Å². The smallest absolute Gasteiger partial charge is 0.237 e. The molecular weight excluding hydrogens is 309 g/mol. The van der Waals surface area contributed by atoms with Gasteiger partial charge in [-0.05, 0) is 31.0 Å². The predicted molar refractivity (Wildman–Crippen MR) is 90.3 cm³/mol. The van der Waals surface area contributed by atoms with Gasteiger partial charge in [-0.25, -0.2) is 0 Å². The summed E-state index contributed by atoms with van der Waals surface area (Å²) in [4.78, 5) is 14.1. The molecule has 3 N–H and O–H groups in total. The topological polar surface area (TPSA) is 58.4 Å². The molecule has 2 atom stereocenters. The van der Waals surface area contributed by atoms with Crippen molar-refractivity contribution in [2.75, 3.05) is 18.0 Å². The van der Waals surface area contributed by atoms with Crippen LogP contribution in [0.1, 0.15) is 26.2 Å². The van der Waals surface area contributed by atoms with Gasteiger partial charge >= 0.3 is 0 Å². The Morgan fingerprint density at radius 2 is 2.33 bits per heavy atom. The van der Waals surface area contributed by atoms with Crippen LogP contribution in [-0.2, 0) is 4.79 Å². The van der Waals surface area contributed by atoms with Crippen LogP contribution in [0.5, 0.6) is 0 Å². The molecule has 2 unspecified atom stereocenters. The molecule has 6 heteroatoms. The number of anilines is 1. The molecule has 2 rings (SSSR count). The van der Waals surface area contributed by atoms with E-state index in [1.165, 1.54) is 0 Å². The van der Waals surface area contributed by atoms with Gasteiger partial charge in [0.15, 0.2) is 0 Å². The van der Waals surface area contributed by atoms with Crippen molar-refractivity contribution in [2.24, 2.45) is 5.73 Å². The van der Waals surface area contributed by atoms with Crippen molar-refractivity contribution >= 4 is 35.6 Å². The van der Waals surface area contributed by atoms with E-state index in [0.29, 0.717) is 0 Å². The van der Waals surface area contributed by atoms with Crippen molar-refractivity contribution in [3.8, 4) is 0 Å². The van der Waals surface area contributed by atoms with Crippen molar-refractivity contribution in [1.29, 1.82) is 0 Å². The number of carbonyl (C=O) groups excluding carboxylic acids is 1. The second-order valence-electron chi connectivity index (χ2n) is 5.32. The van der Waals surface area contributed by atoms with Crippen molar-refractivity contribution < 1.29 is 4.79 Å². The first-order valence-corrected chi connectivity index (χ1v) is 7.54. The fourth-order valence-electron chi connectivity index (χ4n) is 2.54. The highest BCUT2D eigenvalue weighted by Gasteiger charge is 2.25. The summed E-state index contributed by atoms with van der Waals surface area (Å²) in [6.45, 7) is 3.77. The maximum atomic E-state index is 11.9. The van der Waals surface area contributed by atoms with Gasteiger partial charge in [0.1, 0.15) is 0 Å². The molecule has 0 saturated carbocycles. The van der Waals surface area contributed by atoms with Crippen molar-refractivity contribution in [1.82, 2.24) is 5.32 Å². The van der Waals surface area contributed by atoms with Crippen LogP contribution < -0.4 is 16.0 Å². The Bertz CT molecular complexity index is 470. The number of rotatable bonds is 5. The normalized spacial score (nSPS) is 19.0. The Morgan fingerprint density at radius 1 is 1.57 bits per heavy atom. The summed E-state index contributed by atoms with van der Waals surface area (Å²) in [5, 5.41) is 3.78. The van der Waals surface area contributed by atoms with Crippen LogP contribution in [0.25, 0.3) is 0 Å². The molecule has 1 fully saturated rings. The molecular formula is C15H23Cl2N3O. The number of nitrogens with one attached hydrogen (secondary N) is 1. The molecule has 1 aromatic rings. The molecule has 118 valence electrons. The highest BCUT2D eigenvalue weighted by molar-refractivity contribution is 6.30. The van der Waals surface area contributed by atoms with Crippen molar-refractivity contribution in [3.05, 3.63) is 29.3 Å². The minimum Gasteiger partial charge on any atom is -0.369 e. The fraction of sp³-hybridized carbons (Fsp3) is 0.533. The average molecular weight is 332 g/mol. The number of hydrogen-bond acceptors (Lipinski definition) is 3. The zero-order valence-corrected chi connectivity index (χ0v) is 13.8. The molecule has 0 aromatic heterocycles. The number of hydrogen-bond donors (Lipinski definition) is 2. The average Bonchev–Trinajstić information content (AvgIpc) is 2.87. The van der Waals surface area contributed by atoms with Gasteiger partial charge in [-0.3, -0.25) is 4.79 Å². The number of nitrogens with zero attached hydrogens (tertiary/aromatic N) is 1. The fourth-order valence-corrected chi connectivity index (χ4v) is 2.72. The molecule has 1 amide bonds. The zero-order chi connectivity index (χ0) is 14.5. The Hall–Kier alpha value is -0.970. The number of nitrogens with two attached hydrogens (primary N) is 1. The summed E-state index contributed by atoms with van der Waals surface area (Å²) >= 11 is 6.01. The zero-order valence-electron chi connectivity index (χ0n) is 12.2. The molecule has 0 bridgehead atoms. The van der Waals surface area contributed by atoms with E-state index in [1.54, 1.807) is 0 Å². The van der Waals surface area contributed by atoms with Crippen molar-refractivity contribution in [2.45, 2.75) is 38.3 Å². The van der Waals surface area contributed by atoms with E-state index < -0.39 is 0 Å². The first-order chi connectivity index (χ1) is 9.60. The monoisotopic (exact) mass is 331 g/mol. The van der Waals surface area contributed by atoms with Crippen LogP contribution in [-0.4, -0.2) is 31.1 Å². The molecule has 4 nitrogen and oxygen atoms in total. The predicted octanol–water partition coefficient (Wildman–Crippen LogP) is 2.58. The maximum Gasteiger partial charge on any atom is 0.237 e. The molecule has 1 aliphatic rings. The molecule has 1 saturated heterocycles. The SMILES string of the molecule is CCCC(N)C(=O)NC1CCN(c2cccc(Cl)c2)C1.Cl. The third kappa shape index (κ3) is 5.06. The summed E-state index contributed by atoms with van der Waals surface area (Å²) in [5.74, 6) is -0.0372. The number of halogens is 2. The van der Waals surface area contributed by atoms with Gasteiger partial charge in [0.2, 0.25) is 5.91 Å². The van der Waals surface area contributed by atoms with Crippen LogP contribution in [0.2, 0.25) is 5.02 Å². The summed E-state index contributed by atoms with van der Waals surface area (Å²) in [5.41, 5.74) is 6.93. The lowest BCUT2D eigenvalue weighted by Gasteiger charge is -2.20. The van der Waals surface area contributed by atoms with E-state index in [2.05, 4.69) is 10.2 Å². The van der Waals surface area contributed by atoms with E-state index in [4.69, 9.17) is 17.3 Å². The third-order valence-corrected chi connectivity index (χ3v) is 3.88. The largest absolute Gasteiger partial charge is 0.369 e. The number of amides is 1. The summed E-state index contributed by atoms with van der Waals surface area (Å²) in [6, 6.07) is 7.59. The summed E-state index contributed by atoms with van der Waals surface area (Å²) in [6.07, 6.45) is 2.60. The first-order valence-electron chi connectivity index (χ1n) is 7.16. The Kier molecular flexibility index (Phi) is 7.29. The van der Waals surface area contributed by atoms with Gasteiger partial charge < -0.3 is 16.0 Å². The number of carbonyl (C=O) groups is 1. The van der Waals surface area contributed by atoms with E-state index in [-0.39, 0.29) is 30.4 Å². The molecule has 1 heterocycles.